The van der Waals surface area contributed by atoms with Gasteiger partial charge in [-0.25, -0.2) is 0 Å². The number of carbonyl (C=O) groups is 1. The van der Waals surface area contributed by atoms with Crippen molar-refractivity contribution < 1.29 is 4.79 Å². The molecule has 1 aromatic carbocycles. The first kappa shape index (κ1) is 13.4. The maximum Gasteiger partial charge on any atom is 0.248 e. The van der Waals surface area contributed by atoms with E-state index in [1.165, 1.54) is 32.1 Å². The Balaban J connectivity index is 1.89. The summed E-state index contributed by atoms with van der Waals surface area (Å²) in [6.45, 7) is 0. The van der Waals surface area contributed by atoms with Crippen LogP contribution in [-0.2, 0) is 0 Å². The second-order valence-electron chi connectivity index (χ2n) is 6.02. The quantitative estimate of drug-likeness (QED) is 0.884. The van der Waals surface area contributed by atoms with Crippen LogP contribution in [-0.4, -0.2) is 31.1 Å². The molecule has 4 heteroatoms. The summed E-state index contributed by atoms with van der Waals surface area (Å²) in [6.07, 6.45) is 6.18. The molecule has 1 aromatic rings. The second-order valence-corrected chi connectivity index (χ2v) is 6.02. The Morgan fingerprint density at radius 2 is 2.00 bits per heavy atom. The number of hydrogen-bond donors (Lipinski definition) is 2. The highest BCUT2D eigenvalue weighted by atomic mass is 16.1. The molecule has 4 nitrogen and oxygen atoms in total. The highest BCUT2D eigenvalue weighted by molar-refractivity contribution is 5.93. The summed E-state index contributed by atoms with van der Waals surface area (Å²) in [5, 5.41) is 3.43. The first-order chi connectivity index (χ1) is 9.69. The van der Waals surface area contributed by atoms with E-state index in [0.717, 1.165) is 5.69 Å². The zero-order chi connectivity index (χ0) is 14.1. The van der Waals surface area contributed by atoms with Gasteiger partial charge in [0.2, 0.25) is 5.91 Å². The van der Waals surface area contributed by atoms with Crippen molar-refractivity contribution in [3.63, 3.8) is 0 Å². The minimum absolute atomic E-state index is 0.345. The molecule has 0 spiro atoms. The Bertz CT molecular complexity index is 488. The van der Waals surface area contributed by atoms with Gasteiger partial charge >= 0.3 is 0 Å². The average molecular weight is 273 g/mol. The Kier molecular flexibility index (Phi) is 3.66. The molecule has 2 fully saturated rings. The van der Waals surface area contributed by atoms with Crippen LogP contribution in [0.25, 0.3) is 0 Å². The minimum Gasteiger partial charge on any atom is -0.366 e. The van der Waals surface area contributed by atoms with Gasteiger partial charge in [-0.3, -0.25) is 4.79 Å². The number of hydrogen-bond acceptors (Lipinski definition) is 3. The van der Waals surface area contributed by atoms with E-state index in [0.29, 0.717) is 23.7 Å². The average Bonchev–Trinajstić information content (AvgIpc) is 2.46. The zero-order valence-electron chi connectivity index (χ0n) is 12.0. The molecule has 2 atom stereocenters. The molecular formula is C16H23N3O. The number of anilines is 1. The lowest BCUT2D eigenvalue weighted by molar-refractivity contribution is 0.1000. The van der Waals surface area contributed by atoms with Crippen LogP contribution in [0.1, 0.15) is 42.5 Å². The van der Waals surface area contributed by atoms with Gasteiger partial charge in [0.25, 0.3) is 0 Å². The fourth-order valence-corrected chi connectivity index (χ4v) is 3.86. The number of nitrogens with one attached hydrogen (secondary N) is 1. The van der Waals surface area contributed by atoms with Gasteiger partial charge in [0, 0.05) is 29.4 Å². The fourth-order valence-electron chi connectivity index (χ4n) is 3.86. The summed E-state index contributed by atoms with van der Waals surface area (Å²) in [5.74, 6) is -0.345. The summed E-state index contributed by atoms with van der Waals surface area (Å²) in [5.41, 5.74) is 7.17. The predicted octanol–water partition coefficient (Wildman–Crippen LogP) is 1.89. The smallest absolute Gasteiger partial charge is 0.248 e. The second kappa shape index (κ2) is 5.44. The lowest BCUT2D eigenvalue weighted by Crippen LogP contribution is -2.56. The van der Waals surface area contributed by atoms with Crippen LogP contribution in [0.3, 0.4) is 0 Å². The van der Waals surface area contributed by atoms with Crippen molar-refractivity contribution in [1.29, 1.82) is 0 Å². The Morgan fingerprint density at radius 1 is 1.30 bits per heavy atom. The molecule has 108 valence electrons. The Morgan fingerprint density at radius 3 is 2.60 bits per heavy atom. The summed E-state index contributed by atoms with van der Waals surface area (Å²) in [6, 6.07) is 9.59. The van der Waals surface area contributed by atoms with E-state index >= 15 is 0 Å². The minimum atomic E-state index is -0.345. The Labute approximate surface area is 120 Å². The summed E-state index contributed by atoms with van der Waals surface area (Å²) in [4.78, 5) is 13.9. The topological polar surface area (TPSA) is 58.4 Å². The summed E-state index contributed by atoms with van der Waals surface area (Å²) < 4.78 is 0. The van der Waals surface area contributed by atoms with E-state index in [1.54, 1.807) is 6.07 Å². The van der Waals surface area contributed by atoms with Crippen LogP contribution in [0.2, 0.25) is 0 Å². The first-order valence-corrected chi connectivity index (χ1v) is 7.54. The third kappa shape index (κ3) is 2.40. The van der Waals surface area contributed by atoms with Gasteiger partial charge in [-0.05, 0) is 57.4 Å². The van der Waals surface area contributed by atoms with E-state index in [2.05, 4.69) is 23.3 Å². The molecule has 2 aliphatic heterocycles. The number of primary amides is 1. The fraction of sp³-hybridized carbons (Fsp3) is 0.562. The molecule has 2 bridgehead atoms. The van der Waals surface area contributed by atoms with Crippen LogP contribution in [0.5, 0.6) is 0 Å². The van der Waals surface area contributed by atoms with E-state index in [4.69, 9.17) is 5.73 Å². The first-order valence-electron chi connectivity index (χ1n) is 7.54. The van der Waals surface area contributed by atoms with Crippen molar-refractivity contribution in [2.45, 2.75) is 50.2 Å². The molecule has 0 aromatic heterocycles. The normalized spacial score (nSPS) is 29.2. The van der Waals surface area contributed by atoms with Crippen molar-refractivity contribution in [1.82, 2.24) is 5.32 Å². The van der Waals surface area contributed by atoms with Gasteiger partial charge in [0.05, 0.1) is 0 Å². The maximum absolute atomic E-state index is 11.4. The SMILES string of the molecule is CNC1CC2CCCC(C1)N2c1cccc(C(N)=O)c1. The van der Waals surface area contributed by atoms with E-state index in [1.807, 2.05) is 12.1 Å². The van der Waals surface area contributed by atoms with Crippen molar-refractivity contribution >= 4 is 11.6 Å². The van der Waals surface area contributed by atoms with Gasteiger partial charge in [-0.2, -0.15) is 0 Å². The number of amides is 1. The van der Waals surface area contributed by atoms with E-state index in [9.17, 15) is 4.79 Å². The predicted molar refractivity (Wildman–Crippen MR) is 80.9 cm³/mol. The van der Waals surface area contributed by atoms with Crippen molar-refractivity contribution in [3.8, 4) is 0 Å². The van der Waals surface area contributed by atoms with E-state index < -0.39 is 0 Å². The zero-order valence-corrected chi connectivity index (χ0v) is 12.0. The number of piperidine rings is 2. The molecule has 2 unspecified atom stereocenters. The molecule has 20 heavy (non-hydrogen) atoms. The van der Waals surface area contributed by atoms with Crippen LogP contribution in [0.15, 0.2) is 24.3 Å². The molecule has 0 radical (unpaired) electrons. The molecule has 2 heterocycles. The van der Waals surface area contributed by atoms with Crippen LogP contribution < -0.4 is 16.0 Å². The van der Waals surface area contributed by atoms with Crippen LogP contribution in [0, 0.1) is 0 Å². The van der Waals surface area contributed by atoms with Crippen LogP contribution in [0.4, 0.5) is 5.69 Å². The third-order valence-electron chi connectivity index (χ3n) is 4.81. The van der Waals surface area contributed by atoms with Crippen molar-refractivity contribution in [2.24, 2.45) is 5.73 Å². The molecule has 1 amide bonds. The van der Waals surface area contributed by atoms with Gasteiger partial charge in [-0.1, -0.05) is 6.07 Å². The molecular weight excluding hydrogens is 250 g/mol. The largest absolute Gasteiger partial charge is 0.366 e. The maximum atomic E-state index is 11.4. The molecule has 0 saturated carbocycles. The van der Waals surface area contributed by atoms with Gasteiger partial charge in [0.15, 0.2) is 0 Å². The summed E-state index contributed by atoms with van der Waals surface area (Å²) in [7, 11) is 2.06. The highest BCUT2D eigenvalue weighted by Gasteiger charge is 2.37. The number of carbonyl (C=O) groups excluding carboxylic acids is 1. The van der Waals surface area contributed by atoms with Crippen LogP contribution >= 0.6 is 0 Å². The lowest BCUT2D eigenvalue weighted by Gasteiger charge is -2.50. The van der Waals surface area contributed by atoms with Crippen molar-refractivity contribution in [3.05, 3.63) is 29.8 Å². The number of benzene rings is 1. The van der Waals surface area contributed by atoms with E-state index in [-0.39, 0.29) is 5.91 Å². The third-order valence-corrected chi connectivity index (χ3v) is 4.81. The molecule has 3 N–H and O–H groups in total. The number of nitrogens with two attached hydrogens (primary N) is 1. The van der Waals surface area contributed by atoms with Gasteiger partial charge in [0.1, 0.15) is 0 Å². The standard InChI is InChI=1S/C16H23N3O/c1-18-12-9-14-6-3-7-15(10-12)19(14)13-5-2-4-11(8-13)16(17)20/h2,4-5,8,12,14-15,18H,3,6-7,9-10H2,1H3,(H2,17,20). The molecule has 2 saturated heterocycles. The highest BCUT2D eigenvalue weighted by Crippen LogP contribution is 2.37. The monoisotopic (exact) mass is 273 g/mol. The number of rotatable bonds is 3. The summed E-state index contributed by atoms with van der Waals surface area (Å²) >= 11 is 0. The number of fused-ring (bicyclic) bond motifs is 2. The van der Waals surface area contributed by atoms with Crippen molar-refractivity contribution in [2.75, 3.05) is 11.9 Å². The molecule has 0 aliphatic carbocycles. The molecule has 2 aliphatic rings. The number of nitrogens with zero attached hydrogens (tertiary/aromatic N) is 1. The van der Waals surface area contributed by atoms with Gasteiger partial charge < -0.3 is 16.0 Å². The lowest BCUT2D eigenvalue weighted by atomic mass is 9.81. The Hall–Kier alpha value is -1.55. The van der Waals surface area contributed by atoms with Gasteiger partial charge in [-0.15, -0.1) is 0 Å². The molecule has 3 rings (SSSR count).